The van der Waals surface area contributed by atoms with Crippen LogP contribution >= 0.6 is 0 Å². The highest BCUT2D eigenvalue weighted by Crippen LogP contribution is 2.37. The topological polar surface area (TPSA) is 84.5 Å². The Morgan fingerprint density at radius 3 is 2.65 bits per heavy atom. The van der Waals surface area contributed by atoms with E-state index in [0.29, 0.717) is 12.5 Å². The molecule has 0 bridgehead atoms. The Morgan fingerprint density at radius 1 is 1.11 bits per heavy atom. The van der Waals surface area contributed by atoms with Crippen molar-refractivity contribution < 1.29 is 4.74 Å². The van der Waals surface area contributed by atoms with Gasteiger partial charge in [0.25, 0.3) is 0 Å². The number of nitrogens with zero attached hydrogens (tertiary/aromatic N) is 5. The van der Waals surface area contributed by atoms with Crippen molar-refractivity contribution in [3.8, 4) is 17.0 Å². The lowest BCUT2D eigenvalue weighted by atomic mass is 10.1. The average Bonchev–Trinajstić information content (AvgIpc) is 3.25. The van der Waals surface area contributed by atoms with E-state index >= 15 is 0 Å². The Morgan fingerprint density at radius 2 is 1.89 bits per heavy atom. The van der Waals surface area contributed by atoms with E-state index in [1.165, 1.54) is 10.9 Å². The van der Waals surface area contributed by atoms with Crippen molar-refractivity contribution in [1.29, 1.82) is 0 Å². The second kappa shape index (κ2) is 10.6. The van der Waals surface area contributed by atoms with Gasteiger partial charge in [-0.3, -0.25) is 0 Å². The number of ether oxygens (including phenoxy) is 1. The number of anilines is 3. The molecule has 37 heavy (non-hydrogen) atoms. The third kappa shape index (κ3) is 5.03. The van der Waals surface area contributed by atoms with E-state index in [2.05, 4.69) is 87.4 Å². The van der Waals surface area contributed by atoms with Crippen LogP contribution in [0.5, 0.6) is 5.75 Å². The first-order valence-corrected chi connectivity index (χ1v) is 12.7. The molecule has 0 aliphatic carbocycles. The number of rotatable bonds is 7. The Bertz CT molecular complexity index is 1430. The molecule has 0 radical (unpaired) electrons. The van der Waals surface area contributed by atoms with Crippen LogP contribution in [0.3, 0.4) is 0 Å². The number of piperazine rings is 1. The Hall–Kier alpha value is -3.88. The molecule has 1 fully saturated rings. The SMILES string of the molecule is COc1cc(N2CCN(C)CC2)c(C=CCN)cc1Nc1ncc(C)c(-c2cn(C)c3ccccc23)n1. The molecular weight excluding hydrogens is 462 g/mol. The number of nitrogens with two attached hydrogens (primary N) is 1. The fraction of sp³-hybridized carbons (Fsp3) is 0.310. The summed E-state index contributed by atoms with van der Waals surface area (Å²) in [5.41, 5.74) is 13.0. The summed E-state index contributed by atoms with van der Waals surface area (Å²) in [6.07, 6.45) is 8.06. The van der Waals surface area contributed by atoms with Crippen LogP contribution < -0.4 is 20.7 Å². The van der Waals surface area contributed by atoms with Crippen LogP contribution in [0.25, 0.3) is 28.2 Å². The quantitative estimate of drug-likeness (QED) is 0.391. The lowest BCUT2D eigenvalue weighted by Gasteiger charge is -2.35. The number of nitrogens with one attached hydrogen (secondary N) is 1. The molecule has 8 nitrogen and oxygen atoms in total. The predicted molar refractivity (Wildman–Crippen MR) is 153 cm³/mol. The summed E-state index contributed by atoms with van der Waals surface area (Å²) in [6, 6.07) is 12.6. The maximum Gasteiger partial charge on any atom is 0.227 e. The summed E-state index contributed by atoms with van der Waals surface area (Å²) in [5.74, 6) is 1.27. The first-order valence-electron chi connectivity index (χ1n) is 12.7. The summed E-state index contributed by atoms with van der Waals surface area (Å²) in [5, 5.41) is 4.59. The average molecular weight is 498 g/mol. The third-order valence-electron chi connectivity index (χ3n) is 7.00. The lowest BCUT2D eigenvalue weighted by molar-refractivity contribution is 0.312. The van der Waals surface area contributed by atoms with Crippen molar-refractivity contribution in [2.45, 2.75) is 6.92 Å². The van der Waals surface area contributed by atoms with Crippen LogP contribution in [0.4, 0.5) is 17.3 Å². The number of likely N-dealkylation sites (N-methyl/N-ethyl adjacent to an activating group) is 1. The number of benzene rings is 2. The number of hydrogen-bond donors (Lipinski definition) is 2. The van der Waals surface area contributed by atoms with Crippen LogP contribution in [0.2, 0.25) is 0 Å². The number of hydrogen-bond acceptors (Lipinski definition) is 7. The fourth-order valence-corrected chi connectivity index (χ4v) is 4.93. The molecular formula is C29H35N7O. The van der Waals surface area contributed by atoms with E-state index in [-0.39, 0.29) is 0 Å². The number of fused-ring (bicyclic) bond motifs is 1. The van der Waals surface area contributed by atoms with Crippen LogP contribution in [0.1, 0.15) is 11.1 Å². The second-order valence-electron chi connectivity index (χ2n) is 9.56. The molecule has 2 aromatic carbocycles. The van der Waals surface area contributed by atoms with Crippen LogP contribution in [0.15, 0.2) is 54.9 Å². The first kappa shape index (κ1) is 24.8. The van der Waals surface area contributed by atoms with Crippen molar-refractivity contribution in [3.05, 3.63) is 66.0 Å². The molecule has 1 aliphatic rings. The van der Waals surface area contributed by atoms with Crippen LogP contribution in [-0.4, -0.2) is 66.3 Å². The maximum absolute atomic E-state index is 5.82. The fourth-order valence-electron chi connectivity index (χ4n) is 4.93. The highest BCUT2D eigenvalue weighted by Gasteiger charge is 2.20. The van der Waals surface area contributed by atoms with Crippen molar-refractivity contribution >= 4 is 34.3 Å². The van der Waals surface area contributed by atoms with Gasteiger partial charge < -0.3 is 30.2 Å². The molecule has 3 heterocycles. The number of para-hydroxylation sites is 1. The molecule has 8 heteroatoms. The van der Waals surface area contributed by atoms with Gasteiger partial charge in [0.2, 0.25) is 5.95 Å². The van der Waals surface area contributed by atoms with E-state index in [1.54, 1.807) is 7.11 Å². The molecule has 4 aromatic rings. The summed E-state index contributed by atoms with van der Waals surface area (Å²) >= 11 is 0. The number of aryl methyl sites for hydroxylation is 2. The zero-order valence-corrected chi connectivity index (χ0v) is 22.0. The highest BCUT2D eigenvalue weighted by molar-refractivity contribution is 5.96. The normalized spacial score (nSPS) is 14.6. The van der Waals surface area contributed by atoms with Gasteiger partial charge in [0.15, 0.2) is 0 Å². The summed E-state index contributed by atoms with van der Waals surface area (Å²) in [7, 11) is 5.92. The smallest absolute Gasteiger partial charge is 0.227 e. The van der Waals surface area contributed by atoms with E-state index in [9.17, 15) is 0 Å². The van der Waals surface area contributed by atoms with Crippen molar-refractivity contribution in [1.82, 2.24) is 19.4 Å². The molecule has 1 saturated heterocycles. The highest BCUT2D eigenvalue weighted by atomic mass is 16.5. The molecule has 3 N–H and O–H groups in total. The molecule has 0 spiro atoms. The molecule has 2 aromatic heterocycles. The summed E-state index contributed by atoms with van der Waals surface area (Å²) in [4.78, 5) is 14.3. The first-order chi connectivity index (χ1) is 18.0. The molecule has 0 unspecified atom stereocenters. The van der Waals surface area contributed by atoms with Gasteiger partial charge in [-0.2, -0.15) is 0 Å². The Balaban J connectivity index is 1.53. The largest absolute Gasteiger partial charge is 0.494 e. The number of aromatic nitrogens is 3. The van der Waals surface area contributed by atoms with Crippen molar-refractivity contribution in [2.24, 2.45) is 12.8 Å². The van der Waals surface area contributed by atoms with Crippen LogP contribution in [-0.2, 0) is 7.05 Å². The minimum Gasteiger partial charge on any atom is -0.494 e. The van der Waals surface area contributed by atoms with Gasteiger partial charge in [0, 0.05) is 80.4 Å². The van der Waals surface area contributed by atoms with Gasteiger partial charge in [0.1, 0.15) is 5.75 Å². The van der Waals surface area contributed by atoms with Gasteiger partial charge in [-0.1, -0.05) is 30.4 Å². The maximum atomic E-state index is 5.82. The zero-order chi connectivity index (χ0) is 25.9. The second-order valence-corrected chi connectivity index (χ2v) is 9.56. The summed E-state index contributed by atoms with van der Waals surface area (Å²) < 4.78 is 7.96. The monoisotopic (exact) mass is 497 g/mol. The summed E-state index contributed by atoms with van der Waals surface area (Å²) in [6.45, 7) is 6.50. The molecule has 1 aliphatic heterocycles. The molecule has 5 rings (SSSR count). The Labute approximate surface area is 218 Å². The molecule has 0 saturated carbocycles. The van der Waals surface area contributed by atoms with Gasteiger partial charge >= 0.3 is 0 Å². The van der Waals surface area contributed by atoms with Gasteiger partial charge in [-0.25, -0.2) is 9.97 Å². The van der Waals surface area contributed by atoms with E-state index in [4.69, 9.17) is 15.5 Å². The van der Waals surface area contributed by atoms with E-state index in [1.807, 2.05) is 19.2 Å². The number of methoxy groups -OCH3 is 1. The Kier molecular flexibility index (Phi) is 7.12. The predicted octanol–water partition coefficient (Wildman–Crippen LogP) is 4.42. The molecule has 0 amide bonds. The van der Waals surface area contributed by atoms with Gasteiger partial charge in [-0.15, -0.1) is 0 Å². The minimum atomic E-state index is 0.479. The van der Waals surface area contributed by atoms with E-state index < -0.39 is 0 Å². The van der Waals surface area contributed by atoms with Crippen molar-refractivity contribution in [2.75, 3.05) is 57.1 Å². The van der Waals surface area contributed by atoms with Crippen LogP contribution in [0, 0.1) is 6.92 Å². The minimum absolute atomic E-state index is 0.479. The zero-order valence-electron chi connectivity index (χ0n) is 22.0. The lowest BCUT2D eigenvalue weighted by Crippen LogP contribution is -2.44. The third-order valence-corrected chi connectivity index (χ3v) is 7.00. The molecule has 0 atom stereocenters. The molecule has 192 valence electrons. The van der Waals surface area contributed by atoms with Gasteiger partial charge in [-0.05, 0) is 37.2 Å². The van der Waals surface area contributed by atoms with Crippen molar-refractivity contribution in [3.63, 3.8) is 0 Å². The van der Waals surface area contributed by atoms with E-state index in [0.717, 1.165) is 65.7 Å². The standard InChI is InChI=1S/C29H35N7O/c1-20-18-31-29(33-28(20)23-19-35(3)25-10-6-5-9-22(23)25)32-24-16-21(8-7-11-30)26(17-27(24)37-4)36-14-12-34(2)13-15-36/h5-10,16-19H,11-15,30H2,1-4H3,(H,31,32,33). The van der Waals surface area contributed by atoms with Gasteiger partial charge in [0.05, 0.1) is 18.5 Å².